The number of aliphatic hydroxyl groups is 2. The summed E-state index contributed by atoms with van der Waals surface area (Å²) in [7, 11) is -4.62. The minimum atomic E-state index is -4.62. The molecule has 3 unspecified atom stereocenters. The number of ether oxygens (including phenoxy) is 2. The van der Waals surface area contributed by atoms with Gasteiger partial charge in [0.25, 0.3) is 0 Å². The number of aliphatic hydroxyl groups excluding tert-OH is 2. The Hall–Kier alpha value is -1.03. The summed E-state index contributed by atoms with van der Waals surface area (Å²) < 4.78 is 32.5. The molecule has 0 heterocycles. The molecular formula is C39H77O10P. The van der Waals surface area contributed by atoms with E-state index in [1.54, 1.807) is 0 Å². The molecule has 0 rings (SSSR count). The standard InChI is InChI=1S/C39H77O10P/c1-3-5-7-9-11-13-15-16-17-18-19-20-21-23-25-27-29-31-39(43)49-37(33-41)35-47-50(44,45)46-34-36(32-40)48-38(42)30-28-26-24-22-14-12-10-8-6-4-2/h36-37,40-41H,3-35H2,1-2H3,(H,44,45). The molecule has 0 aromatic carbocycles. The Morgan fingerprint density at radius 2 is 0.700 bits per heavy atom. The van der Waals surface area contributed by atoms with Gasteiger partial charge in [0, 0.05) is 12.8 Å². The number of rotatable bonds is 39. The highest BCUT2D eigenvalue weighted by atomic mass is 31.2. The van der Waals surface area contributed by atoms with Crippen LogP contribution in [-0.2, 0) is 32.7 Å². The van der Waals surface area contributed by atoms with Gasteiger partial charge in [-0.05, 0) is 12.8 Å². The van der Waals surface area contributed by atoms with E-state index in [9.17, 15) is 29.3 Å². The van der Waals surface area contributed by atoms with Crippen molar-refractivity contribution < 1.29 is 47.8 Å². The molecule has 0 aromatic heterocycles. The maximum atomic E-state index is 12.3. The van der Waals surface area contributed by atoms with Crippen molar-refractivity contribution in [3.8, 4) is 0 Å². The second-order valence-electron chi connectivity index (χ2n) is 14.0. The van der Waals surface area contributed by atoms with Gasteiger partial charge in [-0.3, -0.25) is 18.6 Å². The molecule has 0 aliphatic carbocycles. The van der Waals surface area contributed by atoms with Crippen LogP contribution in [0.5, 0.6) is 0 Å². The van der Waals surface area contributed by atoms with E-state index in [1.165, 1.54) is 122 Å². The maximum Gasteiger partial charge on any atom is 0.472 e. The first kappa shape index (κ1) is 49.0. The Kier molecular flexibility index (Phi) is 35.6. The van der Waals surface area contributed by atoms with Crippen LogP contribution in [0.1, 0.15) is 200 Å². The minimum absolute atomic E-state index is 0.198. The smallest absolute Gasteiger partial charge is 0.457 e. The summed E-state index contributed by atoms with van der Waals surface area (Å²) in [6, 6.07) is 0. The van der Waals surface area contributed by atoms with Crippen molar-refractivity contribution in [1.29, 1.82) is 0 Å². The topological polar surface area (TPSA) is 149 Å². The average molecular weight is 737 g/mol. The number of unbranched alkanes of at least 4 members (excludes halogenated alkanes) is 25. The third-order valence-corrected chi connectivity index (χ3v) is 10.0. The SMILES string of the molecule is CCCCCCCCCCCCCCCCCCCC(=O)OC(CO)COP(=O)(O)OCC(CO)OC(=O)CCCCCCCCCCCC. The summed E-state index contributed by atoms with van der Waals surface area (Å²) in [5.41, 5.74) is 0. The highest BCUT2D eigenvalue weighted by Crippen LogP contribution is 2.43. The summed E-state index contributed by atoms with van der Waals surface area (Å²) in [5, 5.41) is 19.1. The molecule has 10 nitrogen and oxygen atoms in total. The molecule has 0 saturated heterocycles. The largest absolute Gasteiger partial charge is 0.472 e. The molecule has 11 heteroatoms. The quantitative estimate of drug-likeness (QED) is 0.0316. The van der Waals surface area contributed by atoms with Gasteiger partial charge in [-0.15, -0.1) is 0 Å². The van der Waals surface area contributed by atoms with E-state index in [0.29, 0.717) is 12.8 Å². The Morgan fingerprint density at radius 3 is 0.940 bits per heavy atom. The van der Waals surface area contributed by atoms with Gasteiger partial charge < -0.3 is 24.6 Å². The van der Waals surface area contributed by atoms with Crippen LogP contribution in [0.4, 0.5) is 0 Å². The predicted octanol–water partition coefficient (Wildman–Crippen LogP) is 10.3. The zero-order valence-corrected chi connectivity index (χ0v) is 33.0. The molecule has 50 heavy (non-hydrogen) atoms. The van der Waals surface area contributed by atoms with Gasteiger partial charge >= 0.3 is 19.8 Å². The van der Waals surface area contributed by atoms with Crippen molar-refractivity contribution in [2.24, 2.45) is 0 Å². The summed E-state index contributed by atoms with van der Waals surface area (Å²) in [6.45, 7) is 2.21. The zero-order valence-electron chi connectivity index (χ0n) is 32.1. The summed E-state index contributed by atoms with van der Waals surface area (Å²) in [5.74, 6) is -1.01. The van der Waals surface area contributed by atoms with Crippen LogP contribution < -0.4 is 0 Å². The molecule has 298 valence electrons. The van der Waals surface area contributed by atoms with Crippen molar-refractivity contribution in [2.75, 3.05) is 26.4 Å². The Bertz CT molecular complexity index is 812. The van der Waals surface area contributed by atoms with Gasteiger partial charge in [-0.25, -0.2) is 4.57 Å². The first-order valence-corrected chi connectivity index (χ1v) is 22.0. The van der Waals surface area contributed by atoms with E-state index in [1.807, 2.05) is 0 Å². The molecule has 0 saturated carbocycles. The predicted molar refractivity (Wildman–Crippen MR) is 201 cm³/mol. The molecule has 3 atom stereocenters. The Morgan fingerprint density at radius 1 is 0.460 bits per heavy atom. The van der Waals surface area contributed by atoms with Crippen molar-refractivity contribution >= 4 is 19.8 Å². The maximum absolute atomic E-state index is 12.3. The van der Waals surface area contributed by atoms with Crippen LogP contribution in [0.2, 0.25) is 0 Å². The van der Waals surface area contributed by atoms with Crippen LogP contribution >= 0.6 is 7.82 Å². The van der Waals surface area contributed by atoms with Crippen LogP contribution in [0, 0.1) is 0 Å². The minimum Gasteiger partial charge on any atom is -0.457 e. The van der Waals surface area contributed by atoms with Gasteiger partial charge in [0.1, 0.15) is 12.2 Å². The lowest BCUT2D eigenvalue weighted by Gasteiger charge is -2.20. The second kappa shape index (κ2) is 36.3. The summed E-state index contributed by atoms with van der Waals surface area (Å²) >= 11 is 0. The number of hydrogen-bond acceptors (Lipinski definition) is 9. The fourth-order valence-electron chi connectivity index (χ4n) is 5.88. The monoisotopic (exact) mass is 737 g/mol. The van der Waals surface area contributed by atoms with Crippen LogP contribution in [0.25, 0.3) is 0 Å². The van der Waals surface area contributed by atoms with Crippen molar-refractivity contribution in [2.45, 2.75) is 212 Å². The number of carbonyl (C=O) groups is 2. The second-order valence-corrected chi connectivity index (χ2v) is 15.4. The van der Waals surface area contributed by atoms with Crippen LogP contribution in [0.15, 0.2) is 0 Å². The molecular weight excluding hydrogens is 659 g/mol. The van der Waals surface area contributed by atoms with Gasteiger partial charge in [-0.1, -0.05) is 174 Å². The number of phosphoric ester groups is 1. The molecule has 0 radical (unpaired) electrons. The fraction of sp³-hybridized carbons (Fsp3) is 0.949. The average Bonchev–Trinajstić information content (AvgIpc) is 3.10. The summed E-state index contributed by atoms with van der Waals surface area (Å²) in [6.07, 6.45) is 30.8. The molecule has 0 spiro atoms. The van der Waals surface area contributed by atoms with Crippen molar-refractivity contribution in [3.63, 3.8) is 0 Å². The zero-order chi connectivity index (χ0) is 37.0. The Labute approximate surface area is 305 Å². The first-order valence-electron chi connectivity index (χ1n) is 20.5. The van der Waals surface area contributed by atoms with E-state index in [-0.39, 0.29) is 12.8 Å². The van der Waals surface area contributed by atoms with Crippen molar-refractivity contribution in [1.82, 2.24) is 0 Å². The normalized spacial score (nSPS) is 13.9. The number of carbonyl (C=O) groups excluding carboxylic acids is 2. The number of hydrogen-bond donors (Lipinski definition) is 3. The molecule has 0 aliphatic rings. The fourth-order valence-corrected chi connectivity index (χ4v) is 6.66. The highest BCUT2D eigenvalue weighted by Gasteiger charge is 2.27. The first-order chi connectivity index (χ1) is 24.3. The lowest BCUT2D eigenvalue weighted by atomic mass is 10.0. The van der Waals surface area contributed by atoms with Gasteiger partial charge in [0.2, 0.25) is 0 Å². The molecule has 0 amide bonds. The molecule has 3 N–H and O–H groups in total. The van der Waals surface area contributed by atoms with E-state index >= 15 is 0 Å². The van der Waals surface area contributed by atoms with E-state index < -0.39 is 58.4 Å². The molecule has 0 bridgehead atoms. The molecule has 0 aromatic rings. The van der Waals surface area contributed by atoms with Gasteiger partial charge in [0.15, 0.2) is 0 Å². The third-order valence-electron chi connectivity index (χ3n) is 9.07. The van der Waals surface area contributed by atoms with E-state index in [0.717, 1.165) is 38.5 Å². The summed E-state index contributed by atoms with van der Waals surface area (Å²) in [4.78, 5) is 34.4. The van der Waals surface area contributed by atoms with E-state index in [4.69, 9.17) is 18.5 Å². The molecule has 0 aliphatic heterocycles. The van der Waals surface area contributed by atoms with Gasteiger partial charge in [-0.2, -0.15) is 0 Å². The van der Waals surface area contributed by atoms with Crippen LogP contribution in [-0.4, -0.2) is 65.7 Å². The lowest BCUT2D eigenvalue weighted by Crippen LogP contribution is -2.28. The highest BCUT2D eigenvalue weighted by molar-refractivity contribution is 7.47. The number of esters is 2. The van der Waals surface area contributed by atoms with Gasteiger partial charge in [0.05, 0.1) is 26.4 Å². The van der Waals surface area contributed by atoms with Crippen molar-refractivity contribution in [3.05, 3.63) is 0 Å². The van der Waals surface area contributed by atoms with E-state index in [2.05, 4.69) is 13.8 Å². The van der Waals surface area contributed by atoms with Crippen LogP contribution in [0.3, 0.4) is 0 Å². The lowest BCUT2D eigenvalue weighted by molar-refractivity contribution is -0.153. The molecule has 0 fully saturated rings. The number of phosphoric acid groups is 1. The third kappa shape index (κ3) is 34.1. The Balaban J connectivity index is 3.89.